The lowest BCUT2D eigenvalue weighted by atomic mass is 9.49. The lowest BCUT2D eigenvalue weighted by molar-refractivity contribution is 0.194. The van der Waals surface area contributed by atoms with E-state index in [0.29, 0.717) is 11.7 Å². The zero-order chi connectivity index (χ0) is 13.5. The molecule has 2 fully saturated rings. The fourth-order valence-corrected chi connectivity index (χ4v) is 4.24. The van der Waals surface area contributed by atoms with Crippen LogP contribution in [0.2, 0.25) is 0 Å². The minimum Gasteiger partial charge on any atom is -0.508 e. The first-order valence-corrected chi connectivity index (χ1v) is 7.49. The number of fused-ring (bicyclic) bond motifs is 1. The molecule has 0 saturated heterocycles. The molecule has 0 unspecified atom stereocenters. The summed E-state index contributed by atoms with van der Waals surface area (Å²) in [5, 5.41) is 9.88. The van der Waals surface area contributed by atoms with Crippen molar-refractivity contribution in [3.63, 3.8) is 0 Å². The van der Waals surface area contributed by atoms with Gasteiger partial charge in [-0.25, -0.2) is 0 Å². The number of nitrogens with zero attached hydrogens (tertiary/aromatic N) is 1. The summed E-state index contributed by atoms with van der Waals surface area (Å²) in [5.41, 5.74) is 4.47. The number of aromatic hydroxyl groups is 1. The van der Waals surface area contributed by atoms with Gasteiger partial charge in [-0.3, -0.25) is 4.99 Å². The average molecular weight is 257 g/mol. The highest BCUT2D eigenvalue weighted by atomic mass is 16.3. The van der Waals surface area contributed by atoms with Gasteiger partial charge in [0.25, 0.3) is 0 Å². The van der Waals surface area contributed by atoms with Gasteiger partial charge in [0.15, 0.2) is 0 Å². The maximum absolute atomic E-state index is 9.88. The van der Waals surface area contributed by atoms with Crippen LogP contribution in [-0.2, 0) is 11.8 Å². The fourth-order valence-electron chi connectivity index (χ4n) is 4.24. The Hall–Kier alpha value is -1.31. The highest BCUT2D eigenvalue weighted by molar-refractivity contribution is 5.96. The summed E-state index contributed by atoms with van der Waals surface area (Å²) in [5.74, 6) is 1.03. The number of rotatable bonds is 2. The van der Waals surface area contributed by atoms with E-state index in [4.69, 9.17) is 0 Å². The van der Waals surface area contributed by atoms with Crippen LogP contribution in [0, 0.1) is 5.92 Å². The first kappa shape index (κ1) is 12.7. The van der Waals surface area contributed by atoms with Crippen LogP contribution in [0.25, 0.3) is 0 Å². The zero-order valence-corrected chi connectivity index (χ0v) is 11.9. The number of hydrogen-bond acceptors (Lipinski definition) is 2. The molecule has 2 saturated carbocycles. The maximum atomic E-state index is 9.88. The van der Waals surface area contributed by atoms with Crippen molar-refractivity contribution < 1.29 is 5.11 Å². The molecule has 19 heavy (non-hydrogen) atoms. The molecular formula is C17H23NO. The van der Waals surface area contributed by atoms with E-state index in [0.717, 1.165) is 12.8 Å². The quantitative estimate of drug-likeness (QED) is 0.857. The molecule has 0 aliphatic heterocycles. The van der Waals surface area contributed by atoms with Gasteiger partial charge in [0.05, 0.1) is 0 Å². The smallest absolute Gasteiger partial charge is 0.115 e. The van der Waals surface area contributed by atoms with E-state index >= 15 is 0 Å². The molecule has 1 N–H and O–H groups in total. The van der Waals surface area contributed by atoms with Crippen molar-refractivity contribution in [1.29, 1.82) is 0 Å². The van der Waals surface area contributed by atoms with Crippen LogP contribution < -0.4 is 0 Å². The third kappa shape index (κ3) is 1.80. The molecule has 1 aromatic carbocycles. The molecule has 2 heteroatoms. The van der Waals surface area contributed by atoms with Gasteiger partial charge in [0.1, 0.15) is 5.75 Å². The fraction of sp³-hybridized carbons (Fsp3) is 0.588. The van der Waals surface area contributed by atoms with Crippen molar-refractivity contribution in [2.45, 2.75) is 50.9 Å². The summed E-state index contributed by atoms with van der Waals surface area (Å²) in [7, 11) is 1.93. The molecule has 2 aliphatic rings. The van der Waals surface area contributed by atoms with E-state index in [1.165, 1.54) is 42.5 Å². The molecule has 0 heterocycles. The molecule has 1 aromatic rings. The highest BCUT2D eigenvalue weighted by Gasteiger charge is 2.53. The SMILES string of the molecule is CCc1ccc(O)cc1[C@]12CCCC[C@@H]1/C(=N\C)C2. The summed E-state index contributed by atoms with van der Waals surface area (Å²) in [6.07, 6.45) is 7.31. The van der Waals surface area contributed by atoms with Crippen molar-refractivity contribution in [1.82, 2.24) is 0 Å². The Morgan fingerprint density at radius 2 is 2.21 bits per heavy atom. The third-order valence-corrected chi connectivity index (χ3v) is 5.23. The summed E-state index contributed by atoms with van der Waals surface area (Å²) < 4.78 is 0. The number of aryl methyl sites for hydroxylation is 1. The molecule has 0 aromatic heterocycles. The minimum absolute atomic E-state index is 0.275. The normalized spacial score (nSPS) is 31.9. The van der Waals surface area contributed by atoms with Crippen molar-refractivity contribution >= 4 is 5.71 Å². The monoisotopic (exact) mass is 257 g/mol. The Labute approximate surface area is 115 Å². The second kappa shape index (κ2) is 4.66. The lowest BCUT2D eigenvalue weighted by Crippen LogP contribution is -2.54. The van der Waals surface area contributed by atoms with Crippen LogP contribution in [0.1, 0.15) is 50.2 Å². The van der Waals surface area contributed by atoms with Crippen LogP contribution in [0.5, 0.6) is 5.75 Å². The van der Waals surface area contributed by atoms with Gasteiger partial charge in [0, 0.05) is 24.1 Å². The lowest BCUT2D eigenvalue weighted by Gasteiger charge is -2.54. The predicted octanol–water partition coefficient (Wildman–Crippen LogP) is 3.86. The van der Waals surface area contributed by atoms with Gasteiger partial charge >= 0.3 is 0 Å². The Bertz CT molecular complexity index is 520. The topological polar surface area (TPSA) is 32.6 Å². The van der Waals surface area contributed by atoms with Gasteiger partial charge in [-0.15, -0.1) is 0 Å². The van der Waals surface area contributed by atoms with Crippen molar-refractivity contribution in [3.05, 3.63) is 29.3 Å². The van der Waals surface area contributed by atoms with Gasteiger partial charge in [0.2, 0.25) is 0 Å². The Morgan fingerprint density at radius 3 is 2.95 bits per heavy atom. The minimum atomic E-state index is 0.275. The second-order valence-electron chi connectivity index (χ2n) is 6.04. The standard InChI is InChI=1S/C17H23NO/c1-3-12-7-8-13(19)10-15(12)17-9-5-4-6-14(17)16(11-17)18-2/h7-8,10,14,19H,3-6,9,11H2,1-2H3/b18-16-/t14-,17+/m1/s1. The number of phenols is 1. The maximum Gasteiger partial charge on any atom is 0.115 e. The molecule has 0 radical (unpaired) electrons. The zero-order valence-electron chi connectivity index (χ0n) is 11.9. The van der Waals surface area contributed by atoms with Crippen LogP contribution in [-0.4, -0.2) is 17.9 Å². The van der Waals surface area contributed by atoms with E-state index in [1.807, 2.05) is 19.2 Å². The molecular weight excluding hydrogens is 234 g/mol. The van der Waals surface area contributed by atoms with Crippen LogP contribution in [0.15, 0.2) is 23.2 Å². The molecule has 0 bridgehead atoms. The van der Waals surface area contributed by atoms with Gasteiger partial charge in [-0.2, -0.15) is 0 Å². The van der Waals surface area contributed by atoms with E-state index in [2.05, 4.69) is 18.0 Å². The van der Waals surface area contributed by atoms with E-state index < -0.39 is 0 Å². The Balaban J connectivity index is 2.07. The van der Waals surface area contributed by atoms with Crippen LogP contribution in [0.4, 0.5) is 0 Å². The summed E-state index contributed by atoms with van der Waals surface area (Å²) in [6.45, 7) is 2.21. The summed E-state index contributed by atoms with van der Waals surface area (Å²) in [6, 6.07) is 5.94. The van der Waals surface area contributed by atoms with E-state index in [1.54, 1.807) is 0 Å². The average Bonchev–Trinajstić information content (AvgIpc) is 2.41. The van der Waals surface area contributed by atoms with Crippen molar-refractivity contribution in [2.75, 3.05) is 7.05 Å². The Morgan fingerprint density at radius 1 is 1.37 bits per heavy atom. The first-order chi connectivity index (χ1) is 9.21. The molecule has 2 atom stereocenters. The largest absolute Gasteiger partial charge is 0.508 e. The van der Waals surface area contributed by atoms with E-state index in [-0.39, 0.29) is 5.41 Å². The first-order valence-electron chi connectivity index (χ1n) is 7.49. The van der Waals surface area contributed by atoms with Gasteiger partial charge < -0.3 is 5.11 Å². The molecule has 2 nitrogen and oxygen atoms in total. The van der Waals surface area contributed by atoms with Crippen molar-refractivity contribution in [2.24, 2.45) is 10.9 Å². The van der Waals surface area contributed by atoms with Crippen LogP contribution in [0.3, 0.4) is 0 Å². The van der Waals surface area contributed by atoms with Crippen LogP contribution >= 0.6 is 0 Å². The number of aliphatic imine (C=N–C) groups is 1. The molecule has 2 aliphatic carbocycles. The predicted molar refractivity (Wildman–Crippen MR) is 79.1 cm³/mol. The molecule has 0 spiro atoms. The Kier molecular flexibility index (Phi) is 3.12. The highest BCUT2D eigenvalue weighted by Crippen LogP contribution is 2.56. The number of phenolic OH excluding ortho intramolecular Hbond substituents is 1. The second-order valence-corrected chi connectivity index (χ2v) is 6.04. The summed E-state index contributed by atoms with van der Waals surface area (Å²) >= 11 is 0. The number of benzene rings is 1. The molecule has 3 rings (SSSR count). The third-order valence-electron chi connectivity index (χ3n) is 5.23. The molecule has 0 amide bonds. The summed E-state index contributed by atoms with van der Waals surface area (Å²) in [4.78, 5) is 4.48. The molecule has 102 valence electrons. The van der Waals surface area contributed by atoms with Gasteiger partial charge in [-0.1, -0.05) is 25.8 Å². The number of hydrogen-bond donors (Lipinski definition) is 1. The van der Waals surface area contributed by atoms with Crippen molar-refractivity contribution in [3.8, 4) is 5.75 Å². The van der Waals surface area contributed by atoms with Gasteiger partial charge in [-0.05, 0) is 48.9 Å². The van der Waals surface area contributed by atoms with E-state index in [9.17, 15) is 5.11 Å².